The molecule has 0 saturated carbocycles. The zero-order valence-electron chi connectivity index (χ0n) is 11.0. The molecule has 1 aromatic carbocycles. The number of aromatic nitrogens is 3. The Morgan fingerprint density at radius 1 is 1.25 bits per heavy atom. The van der Waals surface area contributed by atoms with E-state index in [2.05, 4.69) is 14.7 Å². The lowest BCUT2D eigenvalue weighted by Gasteiger charge is -2.05. The van der Waals surface area contributed by atoms with E-state index in [1.54, 1.807) is 18.7 Å². The first-order valence-corrected chi connectivity index (χ1v) is 6.21. The van der Waals surface area contributed by atoms with E-state index in [1.807, 2.05) is 34.9 Å². The minimum absolute atomic E-state index is 0.239. The van der Waals surface area contributed by atoms with Crippen LogP contribution in [0.4, 0.5) is 0 Å². The Morgan fingerprint density at radius 2 is 2.05 bits per heavy atom. The summed E-state index contributed by atoms with van der Waals surface area (Å²) in [5, 5.41) is 0. The highest BCUT2D eigenvalue weighted by Gasteiger charge is 2.06. The van der Waals surface area contributed by atoms with Gasteiger partial charge in [0, 0.05) is 11.9 Å². The van der Waals surface area contributed by atoms with Crippen molar-refractivity contribution in [3.8, 4) is 5.69 Å². The van der Waals surface area contributed by atoms with E-state index in [-0.39, 0.29) is 12.4 Å². The third-order valence-electron chi connectivity index (χ3n) is 3.14. The number of hydrogen-bond acceptors (Lipinski definition) is 4. The second-order valence-electron chi connectivity index (χ2n) is 4.40. The number of benzene rings is 1. The number of esters is 1. The Morgan fingerprint density at radius 3 is 2.80 bits per heavy atom. The molecule has 0 aliphatic rings. The fourth-order valence-electron chi connectivity index (χ4n) is 2.08. The first-order valence-electron chi connectivity index (χ1n) is 6.21. The molecule has 0 fully saturated rings. The van der Waals surface area contributed by atoms with Crippen molar-refractivity contribution >= 4 is 17.0 Å². The average molecular weight is 267 g/mol. The van der Waals surface area contributed by atoms with Gasteiger partial charge in [0.25, 0.3) is 0 Å². The van der Waals surface area contributed by atoms with Crippen molar-refractivity contribution in [2.45, 2.75) is 6.42 Å². The SMILES string of the molecule is COC(=O)Cc1ccc(-n2cnc3cnccc32)cc1. The fourth-order valence-corrected chi connectivity index (χ4v) is 2.08. The summed E-state index contributed by atoms with van der Waals surface area (Å²) < 4.78 is 6.64. The zero-order chi connectivity index (χ0) is 13.9. The number of pyridine rings is 1. The van der Waals surface area contributed by atoms with Crippen LogP contribution < -0.4 is 0 Å². The summed E-state index contributed by atoms with van der Waals surface area (Å²) in [4.78, 5) is 19.6. The average Bonchev–Trinajstić information content (AvgIpc) is 2.92. The number of nitrogens with zero attached hydrogens (tertiary/aromatic N) is 3. The predicted molar refractivity (Wildman–Crippen MR) is 74.6 cm³/mol. The van der Waals surface area contributed by atoms with Crippen LogP contribution in [-0.4, -0.2) is 27.6 Å². The van der Waals surface area contributed by atoms with E-state index < -0.39 is 0 Å². The highest BCUT2D eigenvalue weighted by atomic mass is 16.5. The summed E-state index contributed by atoms with van der Waals surface area (Å²) in [7, 11) is 1.39. The van der Waals surface area contributed by atoms with Gasteiger partial charge in [0.1, 0.15) is 11.8 Å². The van der Waals surface area contributed by atoms with Gasteiger partial charge in [0.05, 0.1) is 25.2 Å². The van der Waals surface area contributed by atoms with Crippen LogP contribution in [0.3, 0.4) is 0 Å². The lowest BCUT2D eigenvalue weighted by molar-refractivity contribution is -0.139. The molecular formula is C15H13N3O2. The lowest BCUT2D eigenvalue weighted by atomic mass is 10.1. The van der Waals surface area contributed by atoms with Gasteiger partial charge in [-0.1, -0.05) is 12.1 Å². The molecule has 0 unspecified atom stereocenters. The molecule has 20 heavy (non-hydrogen) atoms. The summed E-state index contributed by atoms with van der Waals surface area (Å²) in [5.74, 6) is -0.239. The number of rotatable bonds is 3. The minimum Gasteiger partial charge on any atom is -0.469 e. The number of fused-ring (bicyclic) bond motifs is 1. The van der Waals surface area contributed by atoms with Crippen molar-refractivity contribution in [3.05, 3.63) is 54.6 Å². The summed E-state index contributed by atoms with van der Waals surface area (Å²) in [6.45, 7) is 0. The molecule has 3 aromatic rings. The van der Waals surface area contributed by atoms with E-state index in [1.165, 1.54) is 7.11 Å². The first kappa shape index (κ1) is 12.3. The largest absolute Gasteiger partial charge is 0.469 e. The van der Waals surface area contributed by atoms with Crippen molar-refractivity contribution in [1.82, 2.24) is 14.5 Å². The molecule has 0 spiro atoms. The Kier molecular flexibility index (Phi) is 3.16. The van der Waals surface area contributed by atoms with Crippen molar-refractivity contribution in [2.75, 3.05) is 7.11 Å². The smallest absolute Gasteiger partial charge is 0.309 e. The third kappa shape index (κ3) is 2.25. The molecule has 0 radical (unpaired) electrons. The van der Waals surface area contributed by atoms with Gasteiger partial charge < -0.3 is 4.74 Å². The molecule has 5 heteroatoms. The monoisotopic (exact) mass is 267 g/mol. The Bertz CT molecular complexity index is 747. The maximum absolute atomic E-state index is 11.2. The Balaban J connectivity index is 1.93. The van der Waals surface area contributed by atoms with E-state index in [0.29, 0.717) is 0 Å². The quantitative estimate of drug-likeness (QED) is 0.682. The van der Waals surface area contributed by atoms with Crippen LogP contribution in [-0.2, 0) is 16.0 Å². The Labute approximate surface area is 115 Å². The minimum atomic E-state index is -0.239. The van der Waals surface area contributed by atoms with Gasteiger partial charge >= 0.3 is 5.97 Å². The van der Waals surface area contributed by atoms with Crippen LogP contribution in [0.2, 0.25) is 0 Å². The summed E-state index contributed by atoms with van der Waals surface area (Å²) in [6.07, 6.45) is 5.52. The van der Waals surface area contributed by atoms with E-state index in [9.17, 15) is 4.79 Å². The van der Waals surface area contributed by atoms with Crippen molar-refractivity contribution in [2.24, 2.45) is 0 Å². The molecular weight excluding hydrogens is 254 g/mol. The third-order valence-corrected chi connectivity index (χ3v) is 3.14. The van der Waals surface area contributed by atoms with Gasteiger partial charge in [-0.25, -0.2) is 4.98 Å². The number of ether oxygens (including phenoxy) is 1. The summed E-state index contributed by atoms with van der Waals surface area (Å²) in [6, 6.07) is 9.67. The molecule has 2 aromatic heterocycles. The zero-order valence-corrected chi connectivity index (χ0v) is 11.0. The van der Waals surface area contributed by atoms with Gasteiger partial charge in [-0.3, -0.25) is 14.3 Å². The van der Waals surface area contributed by atoms with Crippen LogP contribution in [0.15, 0.2) is 49.1 Å². The number of methoxy groups -OCH3 is 1. The molecule has 3 rings (SSSR count). The van der Waals surface area contributed by atoms with Gasteiger partial charge in [-0.2, -0.15) is 0 Å². The molecule has 0 aliphatic heterocycles. The van der Waals surface area contributed by atoms with E-state index >= 15 is 0 Å². The van der Waals surface area contributed by atoms with Crippen LogP contribution >= 0.6 is 0 Å². The summed E-state index contributed by atoms with van der Waals surface area (Å²) in [5.41, 5.74) is 3.77. The maximum atomic E-state index is 11.2. The molecule has 0 amide bonds. The molecule has 0 saturated heterocycles. The standard InChI is InChI=1S/C15H13N3O2/c1-20-15(19)8-11-2-4-12(5-3-11)18-10-17-13-9-16-7-6-14(13)18/h2-7,9-10H,8H2,1H3. The van der Waals surface area contributed by atoms with Gasteiger partial charge in [0.2, 0.25) is 0 Å². The van der Waals surface area contributed by atoms with E-state index in [4.69, 9.17) is 0 Å². The second kappa shape index (κ2) is 5.13. The van der Waals surface area contributed by atoms with Crippen LogP contribution in [0, 0.1) is 0 Å². The molecule has 0 aliphatic carbocycles. The molecule has 2 heterocycles. The maximum Gasteiger partial charge on any atom is 0.309 e. The topological polar surface area (TPSA) is 57.0 Å². The Hall–Kier alpha value is -2.69. The highest BCUT2D eigenvalue weighted by Crippen LogP contribution is 2.17. The first-order chi connectivity index (χ1) is 9.78. The van der Waals surface area contributed by atoms with Crippen LogP contribution in [0.5, 0.6) is 0 Å². The van der Waals surface area contributed by atoms with Crippen LogP contribution in [0.25, 0.3) is 16.7 Å². The predicted octanol–water partition coefficient (Wildman–Crippen LogP) is 2.14. The number of imidazole rings is 1. The number of carbonyl (C=O) groups excluding carboxylic acids is 1. The normalized spacial score (nSPS) is 10.7. The highest BCUT2D eigenvalue weighted by molar-refractivity contribution is 5.76. The van der Waals surface area contributed by atoms with Gasteiger partial charge in [-0.15, -0.1) is 0 Å². The number of carbonyl (C=O) groups is 1. The second-order valence-corrected chi connectivity index (χ2v) is 4.40. The molecule has 5 nitrogen and oxygen atoms in total. The lowest BCUT2D eigenvalue weighted by Crippen LogP contribution is -2.04. The molecule has 100 valence electrons. The van der Waals surface area contributed by atoms with Gasteiger partial charge in [-0.05, 0) is 23.8 Å². The fraction of sp³-hybridized carbons (Fsp3) is 0.133. The van der Waals surface area contributed by atoms with Crippen molar-refractivity contribution in [1.29, 1.82) is 0 Å². The van der Waals surface area contributed by atoms with Crippen LogP contribution in [0.1, 0.15) is 5.56 Å². The van der Waals surface area contributed by atoms with Gasteiger partial charge in [0.15, 0.2) is 0 Å². The van der Waals surface area contributed by atoms with Crippen molar-refractivity contribution in [3.63, 3.8) is 0 Å². The number of hydrogen-bond donors (Lipinski definition) is 0. The van der Waals surface area contributed by atoms with E-state index in [0.717, 1.165) is 22.3 Å². The van der Waals surface area contributed by atoms with Crippen molar-refractivity contribution < 1.29 is 9.53 Å². The molecule has 0 N–H and O–H groups in total. The summed E-state index contributed by atoms with van der Waals surface area (Å²) >= 11 is 0. The molecule has 0 atom stereocenters. The molecule has 0 bridgehead atoms.